The number of esters is 1. The third-order valence-corrected chi connectivity index (χ3v) is 5.73. The number of carbonyl (C=O) groups excluding carboxylic acids is 2. The molecular weight excluding hydrogens is 376 g/mol. The maximum atomic E-state index is 11.8. The van der Waals surface area contributed by atoms with Gasteiger partial charge in [-0.1, -0.05) is 11.6 Å². The number of hydrogen-bond acceptors (Lipinski definition) is 7. The molecule has 2 aromatic rings. The molecule has 0 amide bonds. The Balaban J connectivity index is 1.76. The molecule has 0 bridgehead atoms. The van der Waals surface area contributed by atoms with E-state index in [9.17, 15) is 9.59 Å². The minimum atomic E-state index is -0.183. The summed E-state index contributed by atoms with van der Waals surface area (Å²) in [5, 5.41) is 0. The highest BCUT2D eigenvalue weighted by atomic mass is 35.5. The number of ether oxygens (including phenoxy) is 2. The van der Waals surface area contributed by atoms with Crippen LogP contribution >= 0.6 is 22.9 Å². The molecule has 138 valence electrons. The van der Waals surface area contributed by atoms with Gasteiger partial charge in [0.15, 0.2) is 17.9 Å². The number of aldehydes is 1. The molecule has 3 rings (SSSR count). The van der Waals surface area contributed by atoms with Crippen LogP contribution in [0.2, 0.25) is 4.34 Å². The van der Waals surface area contributed by atoms with E-state index in [1.54, 1.807) is 12.3 Å². The number of carbonyl (C=O) groups is 2. The molecule has 1 saturated carbocycles. The van der Waals surface area contributed by atoms with Crippen LogP contribution in [0.1, 0.15) is 41.7 Å². The monoisotopic (exact) mass is 394 g/mol. The predicted molar refractivity (Wildman–Crippen MR) is 98.9 cm³/mol. The second kappa shape index (κ2) is 8.14. The van der Waals surface area contributed by atoms with Gasteiger partial charge in [-0.3, -0.25) is 9.59 Å². The summed E-state index contributed by atoms with van der Waals surface area (Å²) in [5.74, 6) is 0.727. The zero-order chi connectivity index (χ0) is 18.7. The van der Waals surface area contributed by atoms with E-state index in [2.05, 4.69) is 9.97 Å². The quantitative estimate of drug-likeness (QED) is 0.561. The number of methoxy groups -OCH3 is 1. The minimum absolute atomic E-state index is 0.0669. The molecule has 2 aromatic heterocycles. The van der Waals surface area contributed by atoms with Crippen LogP contribution in [0.5, 0.6) is 5.75 Å². The average molecular weight is 395 g/mol. The van der Waals surface area contributed by atoms with Crippen LogP contribution in [0.15, 0.2) is 12.3 Å². The van der Waals surface area contributed by atoms with E-state index in [1.165, 1.54) is 18.4 Å². The number of hydrogen-bond donors (Lipinski definition) is 0. The summed E-state index contributed by atoms with van der Waals surface area (Å²) >= 11 is 7.25. The van der Waals surface area contributed by atoms with Gasteiger partial charge in [0, 0.05) is 5.56 Å². The van der Waals surface area contributed by atoms with Gasteiger partial charge in [-0.15, -0.1) is 11.3 Å². The smallest absolute Gasteiger partial charge is 0.308 e. The van der Waals surface area contributed by atoms with Gasteiger partial charge in [-0.25, -0.2) is 9.97 Å². The first kappa shape index (κ1) is 18.8. The Morgan fingerprint density at radius 3 is 2.92 bits per heavy atom. The summed E-state index contributed by atoms with van der Waals surface area (Å²) in [6.07, 6.45) is 5.54. The van der Waals surface area contributed by atoms with Crippen LogP contribution in [-0.4, -0.2) is 35.4 Å². The number of halogens is 1. The maximum absolute atomic E-state index is 11.8. The van der Waals surface area contributed by atoms with Crippen LogP contribution in [-0.2, 0) is 9.53 Å². The second-order valence-electron chi connectivity index (χ2n) is 6.22. The van der Waals surface area contributed by atoms with Crippen molar-refractivity contribution in [2.24, 2.45) is 5.92 Å². The number of nitrogens with zero attached hydrogens (tertiary/aromatic N) is 2. The Labute approximate surface area is 160 Å². The molecule has 8 heteroatoms. The molecule has 0 spiro atoms. The van der Waals surface area contributed by atoms with Gasteiger partial charge in [0.05, 0.1) is 40.2 Å². The molecule has 0 N–H and O–H groups in total. The lowest BCUT2D eigenvalue weighted by molar-refractivity contribution is -0.147. The SMILES string of the molecule is COC(=O)[C@H]1CCC[C@H](Oc2cnc(-c3sc(Cl)cc3C=O)nc2C)C1. The first-order chi connectivity index (χ1) is 12.5. The van der Waals surface area contributed by atoms with Crippen molar-refractivity contribution < 1.29 is 19.1 Å². The van der Waals surface area contributed by atoms with Gasteiger partial charge < -0.3 is 9.47 Å². The Bertz CT molecular complexity index is 824. The Morgan fingerprint density at radius 1 is 1.42 bits per heavy atom. The molecule has 2 heterocycles. The van der Waals surface area contributed by atoms with Gasteiger partial charge >= 0.3 is 5.97 Å². The molecule has 0 radical (unpaired) electrons. The van der Waals surface area contributed by atoms with Gasteiger partial charge in [0.2, 0.25) is 0 Å². The van der Waals surface area contributed by atoms with E-state index in [0.717, 1.165) is 25.5 Å². The van der Waals surface area contributed by atoms with Gasteiger partial charge in [-0.2, -0.15) is 0 Å². The van der Waals surface area contributed by atoms with Gasteiger partial charge in [0.1, 0.15) is 0 Å². The molecular formula is C18H19ClN2O4S. The summed E-state index contributed by atoms with van der Waals surface area (Å²) in [6, 6.07) is 1.60. The highest BCUT2D eigenvalue weighted by Gasteiger charge is 2.29. The van der Waals surface area contributed by atoms with Crippen molar-refractivity contribution in [3.05, 3.63) is 27.9 Å². The molecule has 0 unspecified atom stereocenters. The summed E-state index contributed by atoms with van der Waals surface area (Å²) < 4.78 is 11.4. The van der Waals surface area contributed by atoms with Crippen molar-refractivity contribution in [1.82, 2.24) is 9.97 Å². The van der Waals surface area contributed by atoms with Crippen molar-refractivity contribution >= 4 is 35.2 Å². The molecule has 6 nitrogen and oxygen atoms in total. The van der Waals surface area contributed by atoms with Crippen molar-refractivity contribution in [2.75, 3.05) is 7.11 Å². The van der Waals surface area contributed by atoms with Crippen molar-refractivity contribution in [2.45, 2.75) is 38.7 Å². The average Bonchev–Trinajstić information content (AvgIpc) is 3.04. The van der Waals surface area contributed by atoms with E-state index in [0.29, 0.717) is 38.5 Å². The highest BCUT2D eigenvalue weighted by molar-refractivity contribution is 7.19. The number of aromatic nitrogens is 2. The van der Waals surface area contributed by atoms with Crippen LogP contribution in [0, 0.1) is 12.8 Å². The molecule has 2 atom stereocenters. The lowest BCUT2D eigenvalue weighted by Crippen LogP contribution is -2.30. The maximum Gasteiger partial charge on any atom is 0.308 e. The van der Waals surface area contributed by atoms with E-state index in [1.807, 2.05) is 6.92 Å². The molecule has 0 aromatic carbocycles. The predicted octanol–water partition coefficient (Wildman–Crippen LogP) is 4.09. The summed E-state index contributed by atoms with van der Waals surface area (Å²) in [6.45, 7) is 1.83. The van der Waals surface area contributed by atoms with Gasteiger partial charge in [0.25, 0.3) is 0 Å². The second-order valence-corrected chi connectivity index (χ2v) is 7.91. The molecule has 1 aliphatic rings. The topological polar surface area (TPSA) is 78.4 Å². The first-order valence-electron chi connectivity index (χ1n) is 8.34. The highest BCUT2D eigenvalue weighted by Crippen LogP contribution is 2.34. The molecule has 1 aliphatic carbocycles. The Hall–Kier alpha value is -1.99. The summed E-state index contributed by atoms with van der Waals surface area (Å²) in [4.78, 5) is 32.4. The Morgan fingerprint density at radius 2 is 2.23 bits per heavy atom. The van der Waals surface area contributed by atoms with Crippen molar-refractivity contribution in [3.63, 3.8) is 0 Å². The molecule has 0 saturated heterocycles. The number of thiophene rings is 1. The zero-order valence-corrected chi connectivity index (χ0v) is 16.1. The lowest BCUT2D eigenvalue weighted by Gasteiger charge is -2.28. The van der Waals surface area contributed by atoms with Crippen LogP contribution in [0.25, 0.3) is 10.7 Å². The lowest BCUT2D eigenvalue weighted by atomic mass is 9.87. The third-order valence-electron chi connectivity index (χ3n) is 4.45. The van der Waals surface area contributed by atoms with Crippen LogP contribution in [0.4, 0.5) is 0 Å². The third kappa shape index (κ3) is 4.04. The van der Waals surface area contributed by atoms with E-state index in [4.69, 9.17) is 21.1 Å². The molecule has 1 fully saturated rings. The van der Waals surface area contributed by atoms with Gasteiger partial charge in [-0.05, 0) is 38.7 Å². The largest absolute Gasteiger partial charge is 0.487 e. The fourth-order valence-corrected chi connectivity index (χ4v) is 4.27. The molecule has 26 heavy (non-hydrogen) atoms. The number of rotatable bonds is 5. The fraction of sp³-hybridized carbons (Fsp3) is 0.444. The van der Waals surface area contributed by atoms with Crippen LogP contribution < -0.4 is 4.74 Å². The first-order valence-corrected chi connectivity index (χ1v) is 9.54. The van der Waals surface area contributed by atoms with E-state index in [-0.39, 0.29) is 18.0 Å². The van der Waals surface area contributed by atoms with Crippen LogP contribution in [0.3, 0.4) is 0 Å². The van der Waals surface area contributed by atoms with E-state index < -0.39 is 0 Å². The summed E-state index contributed by atoms with van der Waals surface area (Å²) in [7, 11) is 1.41. The van der Waals surface area contributed by atoms with Crippen molar-refractivity contribution in [3.8, 4) is 16.5 Å². The standard InChI is InChI=1S/C18H19ClN2O4S/c1-10-14(25-13-5-3-4-11(6-13)18(23)24-2)8-20-17(21-10)16-12(9-22)7-15(19)26-16/h7-9,11,13H,3-6H2,1-2H3/t11-,13-/m0/s1. The summed E-state index contributed by atoms with van der Waals surface area (Å²) in [5.41, 5.74) is 1.15. The van der Waals surface area contributed by atoms with Crippen molar-refractivity contribution in [1.29, 1.82) is 0 Å². The number of aryl methyl sites for hydroxylation is 1. The van der Waals surface area contributed by atoms with E-state index >= 15 is 0 Å². The fourth-order valence-electron chi connectivity index (χ4n) is 3.13. The normalized spacial score (nSPS) is 19.8. The molecule has 0 aliphatic heterocycles. The minimum Gasteiger partial charge on any atom is -0.487 e. The Kier molecular flexibility index (Phi) is 5.88. The zero-order valence-electron chi connectivity index (χ0n) is 14.5.